The minimum Gasteiger partial charge on any atom is -0.467 e. The van der Waals surface area contributed by atoms with Gasteiger partial charge in [-0.1, -0.05) is 13.8 Å². The third-order valence-electron chi connectivity index (χ3n) is 1.69. The van der Waals surface area contributed by atoms with Crippen molar-refractivity contribution in [2.45, 2.75) is 19.9 Å². The molecule has 1 rings (SSSR count). The minimum atomic E-state index is -0.322. The lowest BCUT2D eigenvalue weighted by Gasteiger charge is -2.10. The van der Waals surface area contributed by atoms with Crippen LogP contribution < -0.4 is 5.32 Å². The molecule has 1 aromatic rings. The van der Waals surface area contributed by atoms with Gasteiger partial charge in [0.15, 0.2) is 6.04 Å². The highest BCUT2D eigenvalue weighted by atomic mass is 16.3. The average molecular weight is 178 g/mol. The molecule has 1 N–H and O–H groups in total. The van der Waals surface area contributed by atoms with E-state index in [2.05, 4.69) is 25.2 Å². The molecule has 0 saturated heterocycles. The van der Waals surface area contributed by atoms with Crippen molar-refractivity contribution in [2.24, 2.45) is 5.92 Å². The molecule has 0 saturated carbocycles. The van der Waals surface area contributed by atoms with Crippen LogP contribution in [0.2, 0.25) is 0 Å². The minimum absolute atomic E-state index is 0.322. The molecule has 0 spiro atoms. The molecule has 3 nitrogen and oxygen atoms in total. The third-order valence-corrected chi connectivity index (χ3v) is 1.69. The van der Waals surface area contributed by atoms with E-state index in [1.807, 2.05) is 0 Å². The molecule has 0 aliphatic rings. The predicted molar refractivity (Wildman–Crippen MR) is 49.9 cm³/mol. The standard InChI is InChI=1S/C10H14N2O/c1-8(2)7-12-9(6-11)10-4-3-5-13-10/h3-5,8-9,12H,7H2,1-2H3. The Morgan fingerprint density at radius 2 is 2.38 bits per heavy atom. The van der Waals surface area contributed by atoms with Gasteiger partial charge in [0.2, 0.25) is 0 Å². The van der Waals surface area contributed by atoms with E-state index in [-0.39, 0.29) is 6.04 Å². The molecule has 0 radical (unpaired) electrons. The molecular weight excluding hydrogens is 164 g/mol. The van der Waals surface area contributed by atoms with Gasteiger partial charge in [0.1, 0.15) is 5.76 Å². The zero-order chi connectivity index (χ0) is 9.68. The first-order valence-electron chi connectivity index (χ1n) is 4.40. The number of nitrogens with one attached hydrogen (secondary N) is 1. The smallest absolute Gasteiger partial charge is 0.154 e. The molecule has 0 aliphatic carbocycles. The maximum atomic E-state index is 8.84. The Bertz CT molecular complexity index is 272. The van der Waals surface area contributed by atoms with Gasteiger partial charge in [0.25, 0.3) is 0 Å². The van der Waals surface area contributed by atoms with Crippen LogP contribution in [0.25, 0.3) is 0 Å². The summed E-state index contributed by atoms with van der Waals surface area (Å²) in [5.41, 5.74) is 0. The van der Waals surface area contributed by atoms with E-state index in [1.54, 1.807) is 18.4 Å². The Morgan fingerprint density at radius 1 is 1.62 bits per heavy atom. The number of nitriles is 1. The van der Waals surface area contributed by atoms with Crippen molar-refractivity contribution in [1.82, 2.24) is 5.32 Å². The third kappa shape index (κ3) is 2.92. The van der Waals surface area contributed by atoms with E-state index < -0.39 is 0 Å². The van der Waals surface area contributed by atoms with Gasteiger partial charge in [-0.2, -0.15) is 5.26 Å². The summed E-state index contributed by atoms with van der Waals surface area (Å²) < 4.78 is 5.13. The topological polar surface area (TPSA) is 49.0 Å². The molecular formula is C10H14N2O. The van der Waals surface area contributed by atoms with Crippen molar-refractivity contribution < 1.29 is 4.42 Å². The molecule has 1 heterocycles. The van der Waals surface area contributed by atoms with Crippen LogP contribution in [0.3, 0.4) is 0 Å². The summed E-state index contributed by atoms with van der Waals surface area (Å²) in [7, 11) is 0. The van der Waals surface area contributed by atoms with Gasteiger partial charge < -0.3 is 4.42 Å². The molecule has 0 aliphatic heterocycles. The summed E-state index contributed by atoms with van der Waals surface area (Å²) in [5.74, 6) is 1.22. The fraction of sp³-hybridized carbons (Fsp3) is 0.500. The molecule has 0 bridgehead atoms. The van der Waals surface area contributed by atoms with Crippen LogP contribution in [-0.2, 0) is 0 Å². The van der Waals surface area contributed by atoms with Crippen LogP contribution in [0, 0.1) is 17.2 Å². The lowest BCUT2D eigenvalue weighted by molar-refractivity contribution is 0.438. The highest BCUT2D eigenvalue weighted by Crippen LogP contribution is 2.12. The van der Waals surface area contributed by atoms with Gasteiger partial charge >= 0.3 is 0 Å². The predicted octanol–water partition coefficient (Wildman–Crippen LogP) is 2.09. The van der Waals surface area contributed by atoms with E-state index in [0.717, 1.165) is 6.54 Å². The van der Waals surface area contributed by atoms with Crippen LogP contribution in [0.4, 0.5) is 0 Å². The molecule has 1 unspecified atom stereocenters. The van der Waals surface area contributed by atoms with E-state index in [1.165, 1.54) is 0 Å². The number of rotatable bonds is 4. The van der Waals surface area contributed by atoms with E-state index in [9.17, 15) is 0 Å². The second-order valence-electron chi connectivity index (χ2n) is 3.38. The molecule has 70 valence electrons. The molecule has 13 heavy (non-hydrogen) atoms. The summed E-state index contributed by atoms with van der Waals surface area (Å²) in [6.07, 6.45) is 1.58. The largest absolute Gasteiger partial charge is 0.467 e. The summed E-state index contributed by atoms with van der Waals surface area (Å²) in [5, 5.41) is 12.0. The maximum Gasteiger partial charge on any atom is 0.154 e. The van der Waals surface area contributed by atoms with Crippen molar-refractivity contribution in [2.75, 3.05) is 6.54 Å². The lowest BCUT2D eigenvalue weighted by atomic mass is 10.2. The average Bonchev–Trinajstić information content (AvgIpc) is 2.58. The van der Waals surface area contributed by atoms with Crippen LogP contribution >= 0.6 is 0 Å². The van der Waals surface area contributed by atoms with Gasteiger partial charge in [0.05, 0.1) is 12.3 Å². The summed E-state index contributed by atoms with van der Waals surface area (Å²) >= 11 is 0. The Kier molecular flexibility index (Phi) is 3.53. The molecule has 0 fully saturated rings. The van der Waals surface area contributed by atoms with Gasteiger partial charge in [-0.15, -0.1) is 0 Å². The van der Waals surface area contributed by atoms with E-state index in [4.69, 9.17) is 9.68 Å². The highest BCUT2D eigenvalue weighted by Gasteiger charge is 2.12. The number of furan rings is 1. The van der Waals surface area contributed by atoms with Crippen molar-refractivity contribution >= 4 is 0 Å². The zero-order valence-corrected chi connectivity index (χ0v) is 7.95. The normalized spacial score (nSPS) is 12.8. The number of nitrogens with zero attached hydrogens (tertiary/aromatic N) is 1. The van der Waals surface area contributed by atoms with Crippen molar-refractivity contribution in [3.63, 3.8) is 0 Å². The quantitative estimate of drug-likeness (QED) is 0.768. The van der Waals surface area contributed by atoms with E-state index in [0.29, 0.717) is 11.7 Å². The monoisotopic (exact) mass is 178 g/mol. The Labute approximate surface area is 78.4 Å². The molecule has 1 atom stereocenters. The van der Waals surface area contributed by atoms with Crippen molar-refractivity contribution in [1.29, 1.82) is 5.26 Å². The fourth-order valence-electron chi connectivity index (χ4n) is 1.02. The maximum absolute atomic E-state index is 8.84. The Balaban J connectivity index is 2.51. The summed E-state index contributed by atoms with van der Waals surface area (Å²) in [4.78, 5) is 0. The lowest BCUT2D eigenvalue weighted by Crippen LogP contribution is -2.23. The van der Waals surface area contributed by atoms with Gasteiger partial charge in [-0.3, -0.25) is 5.32 Å². The number of hydrogen-bond acceptors (Lipinski definition) is 3. The van der Waals surface area contributed by atoms with Crippen LogP contribution in [0.1, 0.15) is 25.6 Å². The first kappa shape index (κ1) is 9.82. The second-order valence-corrected chi connectivity index (χ2v) is 3.38. The summed E-state index contributed by atoms with van der Waals surface area (Å²) in [6.45, 7) is 5.02. The Morgan fingerprint density at radius 3 is 2.85 bits per heavy atom. The van der Waals surface area contributed by atoms with Crippen LogP contribution in [0.15, 0.2) is 22.8 Å². The highest BCUT2D eigenvalue weighted by molar-refractivity contribution is 5.12. The van der Waals surface area contributed by atoms with Gasteiger partial charge in [0, 0.05) is 0 Å². The molecule has 1 aromatic heterocycles. The molecule has 3 heteroatoms. The van der Waals surface area contributed by atoms with Gasteiger partial charge in [-0.25, -0.2) is 0 Å². The SMILES string of the molecule is CC(C)CNC(C#N)c1ccco1. The molecule has 0 aromatic carbocycles. The van der Waals surface area contributed by atoms with Crippen LogP contribution in [-0.4, -0.2) is 6.54 Å². The second kappa shape index (κ2) is 4.68. The fourth-order valence-corrected chi connectivity index (χ4v) is 1.02. The Hall–Kier alpha value is -1.27. The summed E-state index contributed by atoms with van der Waals surface area (Å²) in [6, 6.07) is 5.43. The van der Waals surface area contributed by atoms with Crippen molar-refractivity contribution in [3.05, 3.63) is 24.2 Å². The van der Waals surface area contributed by atoms with Crippen molar-refractivity contribution in [3.8, 4) is 6.07 Å². The number of hydrogen-bond donors (Lipinski definition) is 1. The van der Waals surface area contributed by atoms with Gasteiger partial charge in [-0.05, 0) is 24.6 Å². The molecule has 0 amide bonds. The first-order valence-corrected chi connectivity index (χ1v) is 4.40. The van der Waals surface area contributed by atoms with Crippen LogP contribution in [0.5, 0.6) is 0 Å². The van der Waals surface area contributed by atoms with E-state index >= 15 is 0 Å². The zero-order valence-electron chi connectivity index (χ0n) is 7.95. The first-order chi connectivity index (χ1) is 6.24.